The van der Waals surface area contributed by atoms with Gasteiger partial charge in [0.05, 0.1) is 6.61 Å². The molecule has 0 N–H and O–H groups in total. The van der Waals surface area contributed by atoms with E-state index in [0.717, 1.165) is 42.1 Å². The molecule has 106 valence electrons. The molecule has 2 aliphatic rings. The normalized spacial score (nSPS) is 18.6. The molecule has 5 heteroatoms. The maximum atomic E-state index is 11.9. The topological polar surface area (TPSA) is 48.0 Å². The standard InChI is InChI=1S/C15H17NO4/c1-2-18-15(17)16-7-3-4-12(16)8-11-5-6-13-14(9-11)20-10-19-13/h5-6,8-9H,2-4,7,10H2,1H3/b12-8+. The van der Waals surface area contributed by atoms with Crippen LogP contribution in [0.25, 0.3) is 6.08 Å². The van der Waals surface area contributed by atoms with Gasteiger partial charge in [-0.3, -0.25) is 4.90 Å². The lowest BCUT2D eigenvalue weighted by atomic mass is 10.1. The molecule has 0 saturated carbocycles. The van der Waals surface area contributed by atoms with Crippen molar-refractivity contribution in [3.63, 3.8) is 0 Å². The Kier molecular flexibility index (Phi) is 3.50. The van der Waals surface area contributed by atoms with Gasteiger partial charge in [0.25, 0.3) is 0 Å². The Morgan fingerprint density at radius 2 is 2.25 bits per heavy atom. The molecule has 1 aromatic carbocycles. The number of amides is 1. The summed E-state index contributed by atoms with van der Waals surface area (Å²) in [4.78, 5) is 13.6. The van der Waals surface area contributed by atoms with E-state index in [2.05, 4.69) is 0 Å². The minimum Gasteiger partial charge on any atom is -0.454 e. The monoisotopic (exact) mass is 275 g/mol. The Hall–Kier alpha value is -2.17. The average molecular weight is 275 g/mol. The molecule has 1 amide bonds. The van der Waals surface area contributed by atoms with Gasteiger partial charge in [0.1, 0.15) is 0 Å². The Morgan fingerprint density at radius 3 is 3.10 bits per heavy atom. The summed E-state index contributed by atoms with van der Waals surface area (Å²) < 4.78 is 15.7. The zero-order valence-corrected chi connectivity index (χ0v) is 11.4. The van der Waals surface area contributed by atoms with Crippen molar-refractivity contribution < 1.29 is 19.0 Å². The van der Waals surface area contributed by atoms with E-state index in [1.165, 1.54) is 0 Å². The molecule has 0 atom stereocenters. The molecular formula is C15H17NO4. The highest BCUT2D eigenvalue weighted by molar-refractivity contribution is 5.73. The van der Waals surface area contributed by atoms with Crippen molar-refractivity contribution in [2.75, 3.05) is 19.9 Å². The van der Waals surface area contributed by atoms with Crippen LogP contribution in [0.15, 0.2) is 23.9 Å². The number of benzene rings is 1. The smallest absolute Gasteiger partial charge is 0.414 e. The van der Waals surface area contributed by atoms with Crippen LogP contribution in [0.2, 0.25) is 0 Å². The van der Waals surface area contributed by atoms with Crippen LogP contribution in [0, 0.1) is 0 Å². The molecule has 1 aromatic rings. The van der Waals surface area contributed by atoms with Crippen molar-refractivity contribution in [3.8, 4) is 11.5 Å². The fourth-order valence-corrected chi connectivity index (χ4v) is 2.45. The highest BCUT2D eigenvalue weighted by Gasteiger charge is 2.24. The van der Waals surface area contributed by atoms with Gasteiger partial charge in [-0.1, -0.05) is 6.07 Å². The molecule has 0 aliphatic carbocycles. The minimum absolute atomic E-state index is 0.267. The Labute approximate surface area is 117 Å². The van der Waals surface area contributed by atoms with Gasteiger partial charge in [-0.25, -0.2) is 4.79 Å². The summed E-state index contributed by atoms with van der Waals surface area (Å²) >= 11 is 0. The summed E-state index contributed by atoms with van der Waals surface area (Å²) in [5.41, 5.74) is 1.99. The molecule has 0 radical (unpaired) electrons. The average Bonchev–Trinajstić information content (AvgIpc) is 3.07. The molecule has 2 aliphatic heterocycles. The van der Waals surface area contributed by atoms with Gasteiger partial charge < -0.3 is 14.2 Å². The van der Waals surface area contributed by atoms with Crippen LogP contribution in [0.1, 0.15) is 25.3 Å². The molecular weight excluding hydrogens is 258 g/mol. The number of likely N-dealkylation sites (tertiary alicyclic amines) is 1. The lowest BCUT2D eigenvalue weighted by Crippen LogP contribution is -2.27. The molecule has 0 spiro atoms. The number of carbonyl (C=O) groups is 1. The third-order valence-electron chi connectivity index (χ3n) is 3.38. The van der Waals surface area contributed by atoms with E-state index in [4.69, 9.17) is 14.2 Å². The van der Waals surface area contributed by atoms with Crippen molar-refractivity contribution in [1.82, 2.24) is 4.90 Å². The van der Waals surface area contributed by atoms with Crippen LogP contribution < -0.4 is 9.47 Å². The number of hydrogen-bond donors (Lipinski definition) is 0. The van der Waals surface area contributed by atoms with E-state index in [1.54, 1.807) is 4.90 Å². The van der Waals surface area contributed by atoms with E-state index < -0.39 is 0 Å². The second-order valence-electron chi connectivity index (χ2n) is 4.70. The van der Waals surface area contributed by atoms with Crippen molar-refractivity contribution in [2.45, 2.75) is 19.8 Å². The summed E-state index contributed by atoms with van der Waals surface area (Å²) in [5.74, 6) is 1.51. The lowest BCUT2D eigenvalue weighted by Gasteiger charge is -2.17. The largest absolute Gasteiger partial charge is 0.454 e. The predicted octanol–water partition coefficient (Wildman–Crippen LogP) is 3.01. The van der Waals surface area contributed by atoms with Gasteiger partial charge in [0.15, 0.2) is 11.5 Å². The molecule has 3 rings (SSSR count). The first-order chi connectivity index (χ1) is 9.78. The minimum atomic E-state index is -0.267. The number of allylic oxidation sites excluding steroid dienone is 1. The van der Waals surface area contributed by atoms with Crippen LogP contribution >= 0.6 is 0 Å². The van der Waals surface area contributed by atoms with Gasteiger partial charge in [-0.15, -0.1) is 0 Å². The first-order valence-corrected chi connectivity index (χ1v) is 6.82. The molecule has 1 saturated heterocycles. The first-order valence-electron chi connectivity index (χ1n) is 6.82. The summed E-state index contributed by atoms with van der Waals surface area (Å²) in [6.45, 7) is 3.20. The molecule has 5 nitrogen and oxygen atoms in total. The van der Waals surface area contributed by atoms with E-state index >= 15 is 0 Å². The highest BCUT2D eigenvalue weighted by atomic mass is 16.7. The number of fused-ring (bicyclic) bond motifs is 1. The Balaban J connectivity index is 1.82. The van der Waals surface area contributed by atoms with Gasteiger partial charge in [0.2, 0.25) is 6.79 Å². The molecule has 0 unspecified atom stereocenters. The maximum Gasteiger partial charge on any atom is 0.414 e. The lowest BCUT2D eigenvalue weighted by molar-refractivity contribution is 0.123. The highest BCUT2D eigenvalue weighted by Crippen LogP contribution is 2.34. The van der Waals surface area contributed by atoms with Crippen LogP contribution in [-0.4, -0.2) is 30.9 Å². The van der Waals surface area contributed by atoms with Crippen molar-refractivity contribution in [3.05, 3.63) is 29.5 Å². The second-order valence-corrected chi connectivity index (χ2v) is 4.70. The maximum absolute atomic E-state index is 11.9. The van der Waals surface area contributed by atoms with E-state index in [9.17, 15) is 4.79 Å². The van der Waals surface area contributed by atoms with E-state index in [1.807, 2.05) is 31.2 Å². The third-order valence-corrected chi connectivity index (χ3v) is 3.38. The zero-order chi connectivity index (χ0) is 13.9. The quantitative estimate of drug-likeness (QED) is 0.832. The number of carbonyl (C=O) groups excluding carboxylic acids is 1. The molecule has 0 aromatic heterocycles. The Morgan fingerprint density at radius 1 is 1.40 bits per heavy atom. The van der Waals surface area contributed by atoms with Crippen LogP contribution in [0.4, 0.5) is 4.79 Å². The summed E-state index contributed by atoms with van der Waals surface area (Å²) in [6.07, 6.45) is 3.59. The van der Waals surface area contributed by atoms with Gasteiger partial charge in [-0.2, -0.15) is 0 Å². The number of rotatable bonds is 2. The fourth-order valence-electron chi connectivity index (χ4n) is 2.45. The molecule has 20 heavy (non-hydrogen) atoms. The molecule has 0 bridgehead atoms. The number of ether oxygens (including phenoxy) is 3. The van der Waals surface area contributed by atoms with Crippen molar-refractivity contribution in [2.24, 2.45) is 0 Å². The van der Waals surface area contributed by atoms with Crippen LogP contribution in [0.3, 0.4) is 0 Å². The molecule has 1 fully saturated rings. The fraction of sp³-hybridized carbons (Fsp3) is 0.400. The third kappa shape index (κ3) is 2.43. The second kappa shape index (κ2) is 5.45. The van der Waals surface area contributed by atoms with Crippen LogP contribution in [-0.2, 0) is 4.74 Å². The van der Waals surface area contributed by atoms with Crippen LogP contribution in [0.5, 0.6) is 11.5 Å². The zero-order valence-electron chi connectivity index (χ0n) is 11.4. The van der Waals surface area contributed by atoms with Crippen molar-refractivity contribution >= 4 is 12.2 Å². The summed E-state index contributed by atoms with van der Waals surface area (Å²) in [6, 6.07) is 5.78. The molecule has 2 heterocycles. The summed E-state index contributed by atoms with van der Waals surface area (Å²) in [7, 11) is 0. The van der Waals surface area contributed by atoms with Gasteiger partial charge in [-0.05, 0) is 43.5 Å². The predicted molar refractivity (Wildman–Crippen MR) is 73.5 cm³/mol. The Bertz CT molecular complexity index is 553. The summed E-state index contributed by atoms with van der Waals surface area (Å²) in [5, 5.41) is 0. The first kappa shape index (κ1) is 12.8. The number of nitrogens with zero attached hydrogens (tertiary/aromatic N) is 1. The van der Waals surface area contributed by atoms with Crippen molar-refractivity contribution in [1.29, 1.82) is 0 Å². The van der Waals surface area contributed by atoms with Gasteiger partial charge in [0, 0.05) is 12.2 Å². The van der Waals surface area contributed by atoms with E-state index in [0.29, 0.717) is 6.61 Å². The van der Waals surface area contributed by atoms with Gasteiger partial charge >= 0.3 is 6.09 Å². The SMILES string of the molecule is CCOC(=O)N1CCC/C1=C\c1ccc2c(c1)OCO2. The number of hydrogen-bond acceptors (Lipinski definition) is 4. The van der Waals surface area contributed by atoms with E-state index in [-0.39, 0.29) is 12.9 Å².